The van der Waals surface area contributed by atoms with E-state index in [1.54, 1.807) is 19.3 Å². The number of fused-ring (bicyclic) bond motifs is 1. The molecule has 30 heavy (non-hydrogen) atoms. The summed E-state index contributed by atoms with van der Waals surface area (Å²) in [5.74, 6) is 12.8. The summed E-state index contributed by atoms with van der Waals surface area (Å²) in [5.41, 5.74) is 4.77. The topological polar surface area (TPSA) is 124 Å². The van der Waals surface area contributed by atoms with Crippen LogP contribution in [0.25, 0.3) is 0 Å². The van der Waals surface area contributed by atoms with Crippen molar-refractivity contribution >= 4 is 35.1 Å². The molecule has 0 aromatic heterocycles. The molecule has 2 atom stereocenters. The van der Waals surface area contributed by atoms with Crippen molar-refractivity contribution < 1.29 is 9.53 Å². The van der Waals surface area contributed by atoms with Crippen molar-refractivity contribution in [3.63, 3.8) is 0 Å². The molecule has 0 radical (unpaired) electrons. The van der Waals surface area contributed by atoms with Crippen LogP contribution in [-0.4, -0.2) is 61.2 Å². The Morgan fingerprint density at radius 2 is 2.23 bits per heavy atom. The van der Waals surface area contributed by atoms with Gasteiger partial charge in [0.2, 0.25) is 0 Å². The van der Waals surface area contributed by atoms with Crippen LogP contribution in [0.1, 0.15) is 19.3 Å². The van der Waals surface area contributed by atoms with E-state index >= 15 is 0 Å². The maximum atomic E-state index is 13.1. The number of ether oxygens (including phenoxy) is 1. The lowest BCUT2D eigenvalue weighted by Gasteiger charge is -2.39. The van der Waals surface area contributed by atoms with E-state index in [2.05, 4.69) is 20.7 Å². The molecule has 0 saturated carbocycles. The number of nitrogens with two attached hydrogens (primary N) is 2. The van der Waals surface area contributed by atoms with Gasteiger partial charge in [-0.3, -0.25) is 10.6 Å². The van der Waals surface area contributed by atoms with Gasteiger partial charge in [-0.05, 0) is 31.1 Å². The smallest absolute Gasteiger partial charge is 0.272 e. The van der Waals surface area contributed by atoms with Crippen LogP contribution in [0.4, 0.5) is 11.4 Å². The van der Waals surface area contributed by atoms with E-state index in [9.17, 15) is 4.79 Å². The van der Waals surface area contributed by atoms with Gasteiger partial charge in [0, 0.05) is 19.1 Å². The average molecular weight is 435 g/mol. The molecule has 1 amide bonds. The van der Waals surface area contributed by atoms with E-state index in [1.807, 2.05) is 11.1 Å². The Hall–Kier alpha value is -2.53. The summed E-state index contributed by atoms with van der Waals surface area (Å²) in [5, 5.41) is 10.8. The molecule has 0 aliphatic carbocycles. The number of hydrogen-bond acceptors (Lipinski definition) is 9. The molecule has 162 valence electrons. The number of nitrogens with one attached hydrogen (secondary N) is 2. The molecule has 11 heteroatoms. The van der Waals surface area contributed by atoms with Crippen LogP contribution in [0.15, 0.2) is 28.9 Å². The molecular weight excluding hydrogens is 408 g/mol. The normalized spacial score (nSPS) is 23.7. The molecule has 10 nitrogen and oxygen atoms in total. The first-order valence-corrected chi connectivity index (χ1v) is 10.3. The Bertz CT molecular complexity index is 876. The maximum absolute atomic E-state index is 13.1. The Morgan fingerprint density at radius 1 is 1.40 bits per heavy atom. The summed E-state index contributed by atoms with van der Waals surface area (Å²) in [6, 6.07) is 3.69. The fourth-order valence-electron chi connectivity index (χ4n) is 4.14. The van der Waals surface area contributed by atoms with Crippen molar-refractivity contribution in [3.8, 4) is 5.75 Å². The Labute approximate surface area is 180 Å². The second kappa shape index (κ2) is 8.68. The number of methoxy groups -OCH3 is 1. The molecule has 0 bridgehead atoms. The fourth-order valence-corrected chi connectivity index (χ4v) is 4.48. The van der Waals surface area contributed by atoms with Crippen molar-refractivity contribution in [3.05, 3.63) is 28.8 Å². The van der Waals surface area contributed by atoms with Crippen molar-refractivity contribution in [2.45, 2.75) is 31.6 Å². The molecule has 3 aliphatic heterocycles. The van der Waals surface area contributed by atoms with Gasteiger partial charge in [-0.15, -0.1) is 0 Å². The molecular formula is C19H27ClN8O2. The van der Waals surface area contributed by atoms with E-state index in [0.29, 0.717) is 29.4 Å². The Morgan fingerprint density at radius 3 is 2.97 bits per heavy atom. The SMILES string of the molecule is COc1ccc2c(c1Cl)N([C@@H]1CCCCN(N)C1)C(N(N)C(=O)C1=CCNN=C1)N2. The highest BCUT2D eigenvalue weighted by Crippen LogP contribution is 2.47. The first kappa shape index (κ1) is 20.7. The molecule has 1 aromatic carbocycles. The van der Waals surface area contributed by atoms with E-state index in [-0.39, 0.29) is 11.9 Å². The van der Waals surface area contributed by atoms with Crippen molar-refractivity contribution in [1.29, 1.82) is 0 Å². The molecule has 3 heterocycles. The van der Waals surface area contributed by atoms with Crippen LogP contribution in [-0.2, 0) is 4.79 Å². The molecule has 4 rings (SSSR count). The number of nitrogens with zero attached hydrogens (tertiary/aromatic N) is 4. The van der Waals surface area contributed by atoms with Gasteiger partial charge in [0.05, 0.1) is 36.8 Å². The summed E-state index contributed by atoms with van der Waals surface area (Å²) in [6.45, 7) is 1.92. The largest absolute Gasteiger partial charge is 0.495 e. The number of benzene rings is 1. The van der Waals surface area contributed by atoms with Crippen LogP contribution in [0.3, 0.4) is 0 Å². The number of hydrazone groups is 1. The second-order valence-corrected chi connectivity index (χ2v) is 7.92. The summed E-state index contributed by atoms with van der Waals surface area (Å²) in [7, 11) is 1.58. The number of amides is 1. The predicted molar refractivity (Wildman–Crippen MR) is 117 cm³/mol. The van der Waals surface area contributed by atoms with Gasteiger partial charge in [-0.25, -0.2) is 15.9 Å². The summed E-state index contributed by atoms with van der Waals surface area (Å²) in [4.78, 5) is 15.1. The maximum Gasteiger partial charge on any atom is 0.272 e. The lowest BCUT2D eigenvalue weighted by atomic mass is 10.1. The van der Waals surface area contributed by atoms with Crippen LogP contribution in [0.2, 0.25) is 5.02 Å². The van der Waals surface area contributed by atoms with Gasteiger partial charge in [0.15, 0.2) is 6.29 Å². The molecule has 1 fully saturated rings. The lowest BCUT2D eigenvalue weighted by molar-refractivity contribution is -0.128. The molecule has 3 aliphatic rings. The van der Waals surface area contributed by atoms with Gasteiger partial charge in [0.25, 0.3) is 5.91 Å². The first-order chi connectivity index (χ1) is 14.5. The molecule has 1 saturated heterocycles. The minimum atomic E-state index is -0.627. The third kappa shape index (κ3) is 3.79. The number of carbonyl (C=O) groups is 1. The first-order valence-electron chi connectivity index (χ1n) is 9.96. The molecule has 1 unspecified atom stereocenters. The standard InChI is InChI=1S/C19H27ClN8O2/c1-30-15-6-5-14-17(16(15)20)27(13-4-2-3-9-26(21)11-13)19(25-14)28(22)18(29)12-7-8-23-24-10-12/h5-7,10,13,19,23,25H,2-4,8-9,11,21-22H2,1H3/t13-,19?/m1/s1. The van der Waals surface area contributed by atoms with Crippen LogP contribution < -0.4 is 32.1 Å². The Kier molecular flexibility index (Phi) is 6.00. The summed E-state index contributed by atoms with van der Waals surface area (Å²) in [6.07, 6.45) is 5.53. The third-order valence-electron chi connectivity index (χ3n) is 5.63. The van der Waals surface area contributed by atoms with Gasteiger partial charge in [-0.1, -0.05) is 18.0 Å². The lowest BCUT2D eigenvalue weighted by Crippen LogP contribution is -2.60. The zero-order valence-corrected chi connectivity index (χ0v) is 17.6. The van der Waals surface area contributed by atoms with E-state index < -0.39 is 6.29 Å². The average Bonchev–Trinajstić information content (AvgIpc) is 3.03. The van der Waals surface area contributed by atoms with E-state index in [0.717, 1.165) is 37.2 Å². The van der Waals surface area contributed by atoms with Gasteiger partial charge in [0.1, 0.15) is 10.8 Å². The number of anilines is 2. The van der Waals surface area contributed by atoms with Crippen molar-refractivity contribution in [2.75, 3.05) is 37.0 Å². The van der Waals surface area contributed by atoms with Crippen LogP contribution >= 0.6 is 11.6 Å². The minimum Gasteiger partial charge on any atom is -0.495 e. The molecule has 6 N–H and O–H groups in total. The minimum absolute atomic E-state index is 0.00961. The second-order valence-electron chi connectivity index (χ2n) is 7.54. The van der Waals surface area contributed by atoms with Gasteiger partial charge < -0.3 is 20.4 Å². The summed E-state index contributed by atoms with van der Waals surface area (Å²) < 4.78 is 5.42. The zero-order valence-electron chi connectivity index (χ0n) is 16.8. The zero-order chi connectivity index (χ0) is 21.3. The quantitative estimate of drug-likeness (QED) is 0.312. The monoisotopic (exact) mass is 434 g/mol. The third-order valence-corrected chi connectivity index (χ3v) is 6.00. The summed E-state index contributed by atoms with van der Waals surface area (Å²) >= 11 is 6.71. The number of halogens is 1. The van der Waals surface area contributed by atoms with Crippen LogP contribution in [0, 0.1) is 0 Å². The number of rotatable bonds is 4. The van der Waals surface area contributed by atoms with E-state index in [1.165, 1.54) is 11.2 Å². The number of hydrazine groups is 2. The van der Waals surface area contributed by atoms with Gasteiger partial charge >= 0.3 is 0 Å². The highest BCUT2D eigenvalue weighted by atomic mass is 35.5. The van der Waals surface area contributed by atoms with Gasteiger partial charge in [-0.2, -0.15) is 5.10 Å². The van der Waals surface area contributed by atoms with Crippen molar-refractivity contribution in [2.24, 2.45) is 16.8 Å². The highest BCUT2D eigenvalue weighted by molar-refractivity contribution is 6.35. The fraction of sp³-hybridized carbons (Fsp3) is 0.474. The number of hydrogen-bond donors (Lipinski definition) is 4. The molecule has 1 aromatic rings. The predicted octanol–water partition coefficient (Wildman–Crippen LogP) is 0.810. The highest BCUT2D eigenvalue weighted by Gasteiger charge is 2.41. The van der Waals surface area contributed by atoms with E-state index in [4.69, 9.17) is 28.0 Å². The number of carbonyl (C=O) groups excluding carboxylic acids is 1. The molecule has 0 spiro atoms. The van der Waals surface area contributed by atoms with Crippen molar-refractivity contribution in [1.82, 2.24) is 15.4 Å². The Balaban J connectivity index is 1.71. The van der Waals surface area contributed by atoms with Crippen LogP contribution in [0.5, 0.6) is 5.75 Å².